The first-order chi connectivity index (χ1) is 14.6. The normalized spacial score (nSPS) is 11.0. The summed E-state index contributed by atoms with van der Waals surface area (Å²) in [5.74, 6) is 1.40. The Morgan fingerprint density at radius 2 is 1.97 bits per heavy atom. The van der Waals surface area contributed by atoms with Crippen LogP contribution in [-0.4, -0.2) is 39.2 Å². The number of carbonyl (C=O) groups is 1. The topological polar surface area (TPSA) is 81.4 Å². The van der Waals surface area contributed by atoms with Crippen LogP contribution in [0.5, 0.6) is 5.75 Å². The molecule has 1 aromatic heterocycles. The number of hydrogen-bond donors (Lipinski definition) is 1. The van der Waals surface area contributed by atoms with Crippen LogP contribution in [-0.2, 0) is 11.3 Å². The van der Waals surface area contributed by atoms with Crippen LogP contribution in [0.15, 0.2) is 58.8 Å². The maximum Gasteiger partial charge on any atom is 0.250 e. The summed E-state index contributed by atoms with van der Waals surface area (Å²) in [6.45, 7) is 5.17. The number of halogens is 1. The van der Waals surface area contributed by atoms with Gasteiger partial charge >= 0.3 is 0 Å². The van der Waals surface area contributed by atoms with Crippen molar-refractivity contribution in [3.05, 3.63) is 59.1 Å². The van der Waals surface area contributed by atoms with Crippen LogP contribution in [0.4, 0.5) is 0 Å². The lowest BCUT2D eigenvalue weighted by molar-refractivity contribution is -0.118. The van der Waals surface area contributed by atoms with Gasteiger partial charge in [0.1, 0.15) is 5.75 Å². The lowest BCUT2D eigenvalue weighted by atomic mass is 10.2. The highest BCUT2D eigenvalue weighted by atomic mass is 35.5. The lowest BCUT2D eigenvalue weighted by Crippen LogP contribution is -2.20. The molecule has 0 aliphatic rings. The number of hydrogen-bond acceptors (Lipinski definition) is 6. The minimum Gasteiger partial charge on any atom is -0.493 e. The molecule has 0 aliphatic carbocycles. The van der Waals surface area contributed by atoms with Gasteiger partial charge in [-0.25, -0.2) is 5.43 Å². The third-order valence-corrected chi connectivity index (χ3v) is 5.30. The minimum absolute atomic E-state index is 0.170. The van der Waals surface area contributed by atoms with E-state index in [-0.39, 0.29) is 11.7 Å². The van der Waals surface area contributed by atoms with Crippen molar-refractivity contribution in [1.82, 2.24) is 20.2 Å². The Kier molecular flexibility index (Phi) is 7.87. The van der Waals surface area contributed by atoms with Crippen LogP contribution in [0.3, 0.4) is 0 Å². The van der Waals surface area contributed by atoms with E-state index in [1.54, 1.807) is 6.21 Å². The number of benzene rings is 2. The van der Waals surface area contributed by atoms with Gasteiger partial charge in [0.2, 0.25) is 0 Å². The molecule has 0 bridgehead atoms. The number of hydrazone groups is 1. The number of rotatable bonds is 9. The Morgan fingerprint density at radius 3 is 2.70 bits per heavy atom. The van der Waals surface area contributed by atoms with Crippen molar-refractivity contribution in [2.24, 2.45) is 5.10 Å². The maximum atomic E-state index is 12.2. The second kappa shape index (κ2) is 10.8. The number of para-hydroxylation sites is 1. The average Bonchev–Trinajstić information content (AvgIpc) is 3.17. The van der Waals surface area contributed by atoms with Gasteiger partial charge in [0.25, 0.3) is 5.91 Å². The number of nitrogens with one attached hydrogen (secondary N) is 1. The predicted molar refractivity (Wildman–Crippen MR) is 120 cm³/mol. The molecule has 156 valence electrons. The zero-order valence-electron chi connectivity index (χ0n) is 16.7. The fourth-order valence-corrected chi connectivity index (χ4v) is 3.62. The summed E-state index contributed by atoms with van der Waals surface area (Å²) >= 11 is 7.27. The fourth-order valence-electron chi connectivity index (χ4n) is 2.70. The monoisotopic (exact) mass is 443 g/mol. The molecule has 9 heteroatoms. The molecule has 0 fully saturated rings. The van der Waals surface area contributed by atoms with Gasteiger partial charge in [0.05, 0.1) is 18.6 Å². The molecule has 0 atom stereocenters. The van der Waals surface area contributed by atoms with Gasteiger partial charge in [0, 0.05) is 22.7 Å². The zero-order valence-corrected chi connectivity index (χ0v) is 18.3. The first kappa shape index (κ1) is 21.9. The number of carbonyl (C=O) groups excluding carboxylic acids is 1. The SMILES string of the molecule is CCOc1ccccc1/C=N\NC(=O)CSc1nnc(-c2ccc(Cl)cc2)n1CC. The molecule has 3 rings (SSSR count). The van der Waals surface area contributed by atoms with Crippen LogP contribution in [0.1, 0.15) is 19.4 Å². The van der Waals surface area contributed by atoms with Crippen molar-refractivity contribution >= 4 is 35.5 Å². The molecule has 3 aromatic rings. The number of ether oxygens (including phenoxy) is 1. The second-order valence-electron chi connectivity index (χ2n) is 6.11. The van der Waals surface area contributed by atoms with Crippen molar-refractivity contribution in [1.29, 1.82) is 0 Å². The van der Waals surface area contributed by atoms with Crippen LogP contribution >= 0.6 is 23.4 Å². The van der Waals surface area contributed by atoms with E-state index in [1.807, 2.05) is 66.9 Å². The summed E-state index contributed by atoms with van der Waals surface area (Å²) in [7, 11) is 0. The molecule has 7 nitrogen and oxygen atoms in total. The average molecular weight is 444 g/mol. The molecule has 0 aliphatic heterocycles. The van der Waals surface area contributed by atoms with Crippen LogP contribution in [0.2, 0.25) is 5.02 Å². The molecule has 1 amide bonds. The molecule has 0 saturated carbocycles. The van der Waals surface area contributed by atoms with Crippen molar-refractivity contribution in [2.45, 2.75) is 25.5 Å². The summed E-state index contributed by atoms with van der Waals surface area (Å²) in [6.07, 6.45) is 1.57. The Balaban J connectivity index is 1.59. The third kappa shape index (κ3) is 5.61. The van der Waals surface area contributed by atoms with Crippen molar-refractivity contribution in [2.75, 3.05) is 12.4 Å². The first-order valence-corrected chi connectivity index (χ1v) is 10.8. The van der Waals surface area contributed by atoms with E-state index in [4.69, 9.17) is 16.3 Å². The summed E-state index contributed by atoms with van der Waals surface area (Å²) in [6, 6.07) is 14.9. The molecule has 0 radical (unpaired) electrons. The Labute approximate surface area is 184 Å². The number of aromatic nitrogens is 3. The fraction of sp³-hybridized carbons (Fsp3) is 0.238. The first-order valence-electron chi connectivity index (χ1n) is 9.48. The molecule has 2 aromatic carbocycles. The van der Waals surface area contributed by atoms with E-state index < -0.39 is 0 Å². The van der Waals surface area contributed by atoms with E-state index in [9.17, 15) is 4.79 Å². The van der Waals surface area contributed by atoms with Gasteiger partial charge in [-0.05, 0) is 50.2 Å². The highest BCUT2D eigenvalue weighted by molar-refractivity contribution is 7.99. The number of thioether (sulfide) groups is 1. The van der Waals surface area contributed by atoms with Gasteiger partial charge in [0.15, 0.2) is 11.0 Å². The van der Waals surface area contributed by atoms with Crippen molar-refractivity contribution < 1.29 is 9.53 Å². The molecule has 30 heavy (non-hydrogen) atoms. The molecule has 1 N–H and O–H groups in total. The van der Waals surface area contributed by atoms with Crippen LogP contribution < -0.4 is 10.2 Å². The lowest BCUT2D eigenvalue weighted by Gasteiger charge is -2.07. The van der Waals surface area contributed by atoms with Crippen LogP contribution in [0.25, 0.3) is 11.4 Å². The van der Waals surface area contributed by atoms with Gasteiger partial charge in [-0.3, -0.25) is 4.79 Å². The summed E-state index contributed by atoms with van der Waals surface area (Å²) in [5.41, 5.74) is 4.25. The van der Waals surface area contributed by atoms with Gasteiger partial charge in [-0.15, -0.1) is 10.2 Å². The second-order valence-corrected chi connectivity index (χ2v) is 7.49. The quantitative estimate of drug-likeness (QED) is 0.303. The van der Waals surface area contributed by atoms with Gasteiger partial charge in [-0.2, -0.15) is 5.10 Å². The summed E-state index contributed by atoms with van der Waals surface area (Å²) in [4.78, 5) is 12.2. The highest BCUT2D eigenvalue weighted by Crippen LogP contribution is 2.25. The van der Waals surface area contributed by atoms with Crippen molar-refractivity contribution in [3.63, 3.8) is 0 Å². The number of nitrogens with zero attached hydrogens (tertiary/aromatic N) is 4. The standard InChI is InChI=1S/C21H22ClN5O2S/c1-3-27-20(15-9-11-17(22)12-10-15)25-26-21(27)30-14-19(28)24-23-13-16-7-5-6-8-18(16)29-4-2/h5-13H,3-4,14H2,1-2H3,(H,24,28)/b23-13-. The molecule has 1 heterocycles. The zero-order chi connectivity index (χ0) is 21.3. The molecular weight excluding hydrogens is 422 g/mol. The van der Waals surface area contributed by atoms with Crippen LogP contribution in [0, 0.1) is 0 Å². The Morgan fingerprint density at radius 1 is 1.20 bits per heavy atom. The molecular formula is C21H22ClN5O2S. The summed E-state index contributed by atoms with van der Waals surface area (Å²) < 4.78 is 7.50. The van der Waals surface area contributed by atoms with Crippen molar-refractivity contribution in [3.8, 4) is 17.1 Å². The van der Waals surface area contributed by atoms with E-state index in [0.29, 0.717) is 23.3 Å². The highest BCUT2D eigenvalue weighted by Gasteiger charge is 2.14. The smallest absolute Gasteiger partial charge is 0.250 e. The largest absolute Gasteiger partial charge is 0.493 e. The van der Waals surface area contributed by atoms with E-state index in [1.165, 1.54) is 11.8 Å². The number of amides is 1. The Bertz CT molecular complexity index is 1020. The van der Waals surface area contributed by atoms with E-state index in [0.717, 1.165) is 22.7 Å². The molecule has 0 spiro atoms. The predicted octanol–water partition coefficient (Wildman–Crippen LogP) is 4.26. The minimum atomic E-state index is -0.233. The van der Waals surface area contributed by atoms with Gasteiger partial charge in [-0.1, -0.05) is 35.5 Å². The van der Waals surface area contributed by atoms with E-state index in [2.05, 4.69) is 20.7 Å². The van der Waals surface area contributed by atoms with Gasteiger partial charge < -0.3 is 9.30 Å². The Hall–Kier alpha value is -2.84. The maximum absolute atomic E-state index is 12.2. The molecule has 0 saturated heterocycles. The summed E-state index contributed by atoms with van der Waals surface area (Å²) in [5, 5.41) is 13.9. The molecule has 0 unspecified atom stereocenters. The third-order valence-electron chi connectivity index (χ3n) is 4.08. The van der Waals surface area contributed by atoms with E-state index >= 15 is 0 Å².